The molecule has 0 bridgehead atoms. The van der Waals surface area contributed by atoms with Gasteiger partial charge in [-0.1, -0.05) is 90.5 Å². The molecule has 66 heavy (non-hydrogen) atoms. The summed E-state index contributed by atoms with van der Waals surface area (Å²) in [5.41, 5.74) is 8.05. The van der Waals surface area contributed by atoms with Gasteiger partial charge in [0.05, 0.1) is 42.0 Å². The van der Waals surface area contributed by atoms with Crippen LogP contribution in [0, 0.1) is 11.8 Å². The zero-order valence-corrected chi connectivity index (χ0v) is 39.8. The number of nitrogens with zero attached hydrogens (tertiary/aromatic N) is 4. The Labute approximate surface area is 395 Å². The summed E-state index contributed by atoms with van der Waals surface area (Å²) in [4.78, 5) is 47.1. The highest BCUT2D eigenvalue weighted by Crippen LogP contribution is 2.57. The van der Waals surface area contributed by atoms with E-state index in [1.165, 1.54) is 0 Å². The average Bonchev–Trinajstić information content (AvgIpc) is 4.09. The minimum atomic E-state index is -0.125. The quantitative estimate of drug-likeness (QED) is 0.0884. The Bertz CT molecular complexity index is 2610. The third kappa shape index (κ3) is 7.95. The highest BCUT2D eigenvalue weighted by atomic mass is 32.1. The van der Waals surface area contributed by atoms with Crippen LogP contribution in [0.5, 0.6) is 23.0 Å². The van der Waals surface area contributed by atoms with Crippen molar-refractivity contribution in [1.82, 2.24) is 9.97 Å². The molecule has 4 aromatic heterocycles. The molecule has 0 radical (unpaired) electrons. The molecule has 0 spiro atoms. The van der Waals surface area contributed by atoms with Crippen LogP contribution in [0.2, 0.25) is 0 Å². The monoisotopic (exact) mass is 920 g/mol. The third-order valence-electron chi connectivity index (χ3n) is 13.5. The largest absolute Gasteiger partial charge is 0.485 e. The first-order valence-corrected chi connectivity index (χ1v) is 25.4. The molecule has 4 aliphatic heterocycles. The molecule has 2 atom stereocenters. The first-order valence-electron chi connectivity index (χ1n) is 23.7. The zero-order valence-electron chi connectivity index (χ0n) is 38.2. The van der Waals surface area contributed by atoms with Crippen molar-refractivity contribution in [2.45, 2.75) is 79.1 Å². The molecule has 2 amide bonds. The number of thiophene rings is 2. The van der Waals surface area contributed by atoms with Crippen LogP contribution in [0.15, 0.2) is 85.5 Å². The van der Waals surface area contributed by atoms with Gasteiger partial charge >= 0.3 is 0 Å². The average molecular weight is 921 g/mol. The Morgan fingerprint density at radius 3 is 1.23 bits per heavy atom. The van der Waals surface area contributed by atoms with Gasteiger partial charge in [-0.25, -0.2) is 0 Å². The van der Waals surface area contributed by atoms with E-state index in [0.717, 1.165) is 139 Å². The fraction of sp³-hybridized carbons (Fsp3) is 0.370. The Morgan fingerprint density at radius 1 is 0.515 bits per heavy atom. The minimum Gasteiger partial charge on any atom is -0.485 e. The molecule has 2 unspecified atom stereocenters. The smallest absolute Gasteiger partial charge is 0.259 e. The van der Waals surface area contributed by atoms with Crippen molar-refractivity contribution in [2.75, 3.05) is 49.3 Å². The van der Waals surface area contributed by atoms with Crippen LogP contribution in [-0.4, -0.2) is 61.3 Å². The summed E-state index contributed by atoms with van der Waals surface area (Å²) < 4.78 is 25.2. The SMILES string of the molecule is CCCCC(CC)CN1C(=O)/C(=C2/C(=O)N(CC(CC)CCCC)c3cc(-c4sc(-c5ccncc5)c5c4OCCO5)ccc32)c2ccc(-c3sc(-c4ccncc4)c4c3OCCO4)cc21. The van der Waals surface area contributed by atoms with Crippen molar-refractivity contribution in [3.8, 4) is 64.8 Å². The fourth-order valence-corrected chi connectivity index (χ4v) is 12.2. The molecule has 12 heteroatoms. The second-order valence-corrected chi connectivity index (χ2v) is 19.6. The van der Waals surface area contributed by atoms with Gasteiger partial charge in [0.2, 0.25) is 0 Å². The van der Waals surface area contributed by atoms with Gasteiger partial charge in [0.1, 0.15) is 26.4 Å². The summed E-state index contributed by atoms with van der Waals surface area (Å²) >= 11 is 3.25. The maximum atomic E-state index is 15.4. The standard InChI is InChI=1S/C54H56N4O6S2/c1-5-9-11-33(7-3)31-57-41-29-37(51-47-45(61-25-27-63-47)49(65-51)35-17-21-55-22-18-35)13-15-39(41)43(53(57)59)44-40-16-14-38(30-42(40)58(54(44)60)32-34(8-4)12-10-6-2)52-48-46(62-26-28-64-48)50(66-52)36-19-23-56-24-20-36/h13-24,29-30,33-34H,5-12,25-28,31-32H2,1-4H3/b44-43+. The molecule has 10 nitrogen and oxygen atoms in total. The van der Waals surface area contributed by atoms with Gasteiger partial charge in [-0.05, 0) is 83.3 Å². The van der Waals surface area contributed by atoms with Gasteiger partial charge in [0, 0.05) is 49.0 Å². The highest BCUT2D eigenvalue weighted by molar-refractivity contribution is 7.20. The van der Waals surface area contributed by atoms with Crippen LogP contribution in [0.3, 0.4) is 0 Å². The van der Waals surface area contributed by atoms with E-state index in [4.69, 9.17) is 18.9 Å². The molecule has 0 N–H and O–H groups in total. The summed E-state index contributed by atoms with van der Waals surface area (Å²) in [6, 6.07) is 20.5. The number of pyridine rings is 2. The van der Waals surface area contributed by atoms with Crippen LogP contribution in [0.25, 0.3) is 52.9 Å². The maximum absolute atomic E-state index is 15.4. The molecule has 0 aliphatic carbocycles. The van der Waals surface area contributed by atoms with E-state index >= 15 is 9.59 Å². The van der Waals surface area contributed by atoms with Gasteiger partial charge in [0.15, 0.2) is 23.0 Å². The molecular weight excluding hydrogens is 865 g/mol. The number of unbranched alkanes of at least 4 members (excludes halogenated alkanes) is 2. The van der Waals surface area contributed by atoms with Crippen molar-refractivity contribution in [1.29, 1.82) is 0 Å². The number of fused-ring (bicyclic) bond motifs is 4. The van der Waals surface area contributed by atoms with Gasteiger partial charge < -0.3 is 28.7 Å². The number of hydrogen-bond acceptors (Lipinski definition) is 10. The predicted octanol–water partition coefficient (Wildman–Crippen LogP) is 12.8. The van der Waals surface area contributed by atoms with Crippen molar-refractivity contribution in [3.05, 3.63) is 96.6 Å². The van der Waals surface area contributed by atoms with Crippen LogP contribution >= 0.6 is 22.7 Å². The molecule has 8 heterocycles. The van der Waals surface area contributed by atoms with Crippen LogP contribution in [0.4, 0.5) is 11.4 Å². The normalized spacial score (nSPS) is 17.0. The number of anilines is 2. The maximum Gasteiger partial charge on any atom is 0.259 e. The second-order valence-electron chi connectivity index (χ2n) is 17.6. The van der Waals surface area contributed by atoms with Gasteiger partial charge in [0.25, 0.3) is 11.8 Å². The number of carbonyl (C=O) groups excluding carboxylic acids is 2. The summed E-state index contributed by atoms with van der Waals surface area (Å²) in [7, 11) is 0. The number of benzene rings is 2. The second kappa shape index (κ2) is 19.1. The summed E-state index contributed by atoms with van der Waals surface area (Å²) in [5, 5.41) is 0. The van der Waals surface area contributed by atoms with E-state index in [1.54, 1.807) is 47.5 Å². The minimum absolute atomic E-state index is 0.125. The first kappa shape index (κ1) is 43.9. The van der Waals surface area contributed by atoms with Gasteiger partial charge in [-0.15, -0.1) is 22.7 Å². The lowest BCUT2D eigenvalue weighted by atomic mass is 9.94. The zero-order chi connectivity index (χ0) is 45.3. The van der Waals surface area contributed by atoms with Crippen molar-refractivity contribution in [3.63, 3.8) is 0 Å². The van der Waals surface area contributed by atoms with E-state index < -0.39 is 0 Å². The molecule has 2 aromatic carbocycles. The lowest BCUT2D eigenvalue weighted by molar-refractivity contribution is -0.114. The molecule has 6 aromatic rings. The Hall–Kier alpha value is -5.98. The Kier molecular flexibility index (Phi) is 12.7. The van der Waals surface area contributed by atoms with Gasteiger partial charge in [-0.2, -0.15) is 0 Å². The van der Waals surface area contributed by atoms with E-state index in [-0.39, 0.29) is 11.8 Å². The van der Waals surface area contributed by atoms with E-state index in [0.29, 0.717) is 62.5 Å². The van der Waals surface area contributed by atoms with Crippen molar-refractivity contribution in [2.24, 2.45) is 11.8 Å². The number of aromatic nitrogens is 2. The topological polar surface area (TPSA) is 103 Å². The number of carbonyl (C=O) groups is 2. The van der Waals surface area contributed by atoms with Crippen LogP contribution < -0.4 is 28.7 Å². The van der Waals surface area contributed by atoms with E-state index in [2.05, 4.69) is 74.1 Å². The van der Waals surface area contributed by atoms with Crippen LogP contribution in [-0.2, 0) is 9.59 Å². The first-order chi connectivity index (χ1) is 32.4. The van der Waals surface area contributed by atoms with Gasteiger partial charge in [-0.3, -0.25) is 19.6 Å². The predicted molar refractivity (Wildman–Crippen MR) is 266 cm³/mol. The lowest BCUT2D eigenvalue weighted by Crippen LogP contribution is -2.34. The Morgan fingerprint density at radius 2 is 0.879 bits per heavy atom. The molecule has 0 fully saturated rings. The van der Waals surface area contributed by atoms with E-state index in [9.17, 15) is 0 Å². The number of hydrogen-bond donors (Lipinski definition) is 0. The molecular formula is C54H56N4O6S2. The van der Waals surface area contributed by atoms with Crippen molar-refractivity contribution >= 4 is 57.0 Å². The molecule has 0 saturated heterocycles. The summed E-state index contributed by atoms with van der Waals surface area (Å²) in [6.45, 7) is 11.8. The molecule has 0 saturated carbocycles. The fourth-order valence-electron chi connectivity index (χ4n) is 9.80. The molecule has 340 valence electrons. The molecule has 10 rings (SSSR count). The van der Waals surface area contributed by atoms with Crippen LogP contribution in [0.1, 0.15) is 90.2 Å². The van der Waals surface area contributed by atoms with Crippen molar-refractivity contribution < 1.29 is 28.5 Å². The Balaban J connectivity index is 1.13. The number of amides is 2. The third-order valence-corrected chi connectivity index (χ3v) is 16.0. The highest BCUT2D eigenvalue weighted by Gasteiger charge is 2.44. The summed E-state index contributed by atoms with van der Waals surface area (Å²) in [5.74, 6) is 3.27. The van der Waals surface area contributed by atoms with E-state index in [1.807, 2.05) is 34.1 Å². The summed E-state index contributed by atoms with van der Waals surface area (Å²) in [6.07, 6.45) is 15.5. The lowest BCUT2D eigenvalue weighted by Gasteiger charge is -2.24. The molecule has 4 aliphatic rings. The number of ether oxygens (including phenoxy) is 4. The number of rotatable bonds is 16.